The lowest BCUT2D eigenvalue weighted by molar-refractivity contribution is -0.646. The Hall–Kier alpha value is -3.23. The molecule has 4 aromatic rings. The molecule has 0 radical (unpaired) electrons. The van der Waals surface area contributed by atoms with E-state index in [1.54, 1.807) is 0 Å². The summed E-state index contributed by atoms with van der Waals surface area (Å²) in [5.41, 5.74) is 4.56. The van der Waals surface area contributed by atoms with Crippen LogP contribution in [0.4, 0.5) is 5.95 Å². The maximum atomic E-state index is 13.0. The quantitative estimate of drug-likeness (QED) is 0.0368. The van der Waals surface area contributed by atoms with Crippen LogP contribution in [0.15, 0.2) is 22.2 Å². The van der Waals surface area contributed by atoms with Gasteiger partial charge in [0.1, 0.15) is 42.4 Å². The summed E-state index contributed by atoms with van der Waals surface area (Å²) in [6.45, 7) is -0.160. The van der Waals surface area contributed by atoms with Crippen LogP contribution in [-0.4, -0.2) is 124 Å². The van der Waals surface area contributed by atoms with Crippen LogP contribution < -0.4 is 21.4 Å². The molecule has 6 heterocycles. The van der Waals surface area contributed by atoms with E-state index in [1.807, 2.05) is 0 Å². The molecule has 6 rings (SSSR count). The monoisotopic (exact) mass is 812 g/mol. The van der Waals surface area contributed by atoms with Gasteiger partial charge in [0.2, 0.25) is 18.5 Å². The Morgan fingerprint density at radius 3 is 2.28 bits per heavy atom. The molecule has 2 saturated heterocycles. The topological polar surface area (TPSA) is 361 Å². The smallest absolute Gasteiger partial charge is 0.387 e. The molecule has 5 unspecified atom stereocenters. The molecule has 2 fully saturated rings. The minimum atomic E-state index is -5.72. The average molecular weight is 812 g/mol. The first-order chi connectivity index (χ1) is 24.7. The van der Waals surface area contributed by atoms with Gasteiger partial charge in [-0.1, -0.05) is 0 Å². The Morgan fingerprint density at radius 1 is 0.925 bits per heavy atom. The van der Waals surface area contributed by atoms with Gasteiger partial charge in [0.25, 0.3) is 31.8 Å². The van der Waals surface area contributed by atoms with Crippen LogP contribution in [0.3, 0.4) is 0 Å². The highest BCUT2D eigenvalue weighted by Crippen LogP contribution is 2.67. The molecule has 4 aromatic heterocycles. The second-order valence-corrected chi connectivity index (χ2v) is 17.2. The normalized spacial score (nSPS) is 29.7. The summed E-state index contributed by atoms with van der Waals surface area (Å²) < 4.78 is 77.6. The fourth-order valence-electron chi connectivity index (χ4n) is 5.90. The van der Waals surface area contributed by atoms with Crippen molar-refractivity contribution < 1.29 is 75.2 Å². The molecule has 30 heteroatoms. The van der Waals surface area contributed by atoms with Crippen molar-refractivity contribution in [2.75, 3.05) is 26.1 Å². The lowest BCUT2D eigenvalue weighted by Crippen LogP contribution is -2.35. The number of aromatic nitrogens is 8. The number of ether oxygens (including phenoxy) is 3. The van der Waals surface area contributed by atoms with Crippen molar-refractivity contribution in [3.8, 4) is 0 Å². The van der Waals surface area contributed by atoms with E-state index in [0.29, 0.717) is 7.57 Å². The van der Waals surface area contributed by atoms with Gasteiger partial charge in [-0.05, 0) is 6.92 Å². The van der Waals surface area contributed by atoms with Crippen LogP contribution >= 0.6 is 23.1 Å². The fourth-order valence-corrected chi connectivity index (χ4v) is 9.97. The lowest BCUT2D eigenvalue weighted by Gasteiger charge is -2.23. The van der Waals surface area contributed by atoms with Gasteiger partial charge in [-0.25, -0.2) is 28.0 Å². The van der Waals surface area contributed by atoms with Crippen LogP contribution in [0, 0.1) is 6.92 Å². The van der Waals surface area contributed by atoms with E-state index in [9.17, 15) is 48.4 Å². The third-order valence-corrected chi connectivity index (χ3v) is 12.9. The largest absolute Gasteiger partial charge is 0.487 e. The van der Waals surface area contributed by atoms with Crippen LogP contribution in [0.5, 0.6) is 0 Å². The average Bonchev–Trinajstić information content (AvgIpc) is 3.76. The molecule has 2 aliphatic rings. The number of hydrogen-bond acceptors (Lipinski definition) is 19. The number of aliphatic hydroxyl groups excluding tert-OH is 3. The molecule has 0 spiro atoms. The molecule has 0 saturated carbocycles. The second kappa shape index (κ2) is 14.4. The third-order valence-electron chi connectivity index (χ3n) is 8.14. The van der Waals surface area contributed by atoms with Crippen LogP contribution in [0.25, 0.3) is 22.3 Å². The maximum Gasteiger partial charge on any atom is 0.487 e. The van der Waals surface area contributed by atoms with E-state index in [-0.39, 0.29) is 34.1 Å². The summed E-state index contributed by atoms with van der Waals surface area (Å²) >= 11 is 0. The van der Waals surface area contributed by atoms with Crippen LogP contribution in [-0.2, 0) is 52.6 Å². The van der Waals surface area contributed by atoms with Crippen LogP contribution in [0.1, 0.15) is 18.3 Å². The molecule has 290 valence electrons. The molecule has 53 heavy (non-hydrogen) atoms. The zero-order chi connectivity index (χ0) is 38.8. The van der Waals surface area contributed by atoms with Crippen molar-refractivity contribution in [1.29, 1.82) is 0 Å². The number of nitrogens with one attached hydrogen (secondary N) is 2. The highest BCUT2D eigenvalue weighted by Gasteiger charge is 2.50. The van der Waals surface area contributed by atoms with Gasteiger partial charge in [0.05, 0.1) is 26.6 Å². The summed E-state index contributed by atoms with van der Waals surface area (Å²) in [6, 6.07) is 0. The van der Waals surface area contributed by atoms with Crippen LogP contribution in [0.2, 0.25) is 0 Å². The van der Waals surface area contributed by atoms with Gasteiger partial charge in [-0.3, -0.25) is 28.2 Å². The summed E-state index contributed by atoms with van der Waals surface area (Å²) in [5.74, 6) is 0.00561. The predicted octanol–water partition coefficient (Wildman–Crippen LogP) is -3.53. The first kappa shape index (κ1) is 39.5. The number of nitrogen functional groups attached to an aromatic ring is 1. The number of hydrogen-bond donors (Lipinski definition) is 8. The number of imidazole rings is 2. The fraction of sp³-hybridized carbons (Fsp3) is 0.565. The molecular weight excluding hydrogens is 778 g/mol. The maximum absolute atomic E-state index is 13.0. The Morgan fingerprint density at radius 2 is 1.58 bits per heavy atom. The zero-order valence-corrected chi connectivity index (χ0v) is 30.6. The van der Waals surface area contributed by atoms with Gasteiger partial charge in [0, 0.05) is 7.11 Å². The number of nitrogens with two attached hydrogens (primary N) is 1. The number of aliphatic hydroxyl groups is 3. The van der Waals surface area contributed by atoms with E-state index in [1.165, 1.54) is 47.4 Å². The van der Waals surface area contributed by atoms with Gasteiger partial charge >= 0.3 is 21.2 Å². The molecule has 11 atom stereocenters. The number of nitrogens with zero attached hydrogens (tertiary/aromatic N) is 6. The minimum absolute atomic E-state index is 0.00434. The summed E-state index contributed by atoms with van der Waals surface area (Å²) in [6.07, 6.45) is -8.83. The molecule has 2 aliphatic heterocycles. The number of phosphoric ester groups is 1. The van der Waals surface area contributed by atoms with Gasteiger partial charge < -0.3 is 54.6 Å². The number of methoxy groups -OCH3 is 1. The Labute approximate surface area is 296 Å². The lowest BCUT2D eigenvalue weighted by atomic mass is 10.1. The summed E-state index contributed by atoms with van der Waals surface area (Å²) in [7, 11) is -12.5. The Bertz CT molecular complexity index is 2300. The number of fused-ring (bicyclic) bond motifs is 2. The first-order valence-corrected chi connectivity index (χ1v) is 20.2. The zero-order valence-electron chi connectivity index (χ0n) is 27.9. The molecule has 9 N–H and O–H groups in total. The summed E-state index contributed by atoms with van der Waals surface area (Å²) in [5, 5.41) is 32.2. The van der Waals surface area contributed by atoms with Crippen molar-refractivity contribution in [2.24, 2.45) is 7.05 Å². The van der Waals surface area contributed by atoms with Crippen molar-refractivity contribution in [3.63, 3.8) is 0 Å². The Kier molecular flexibility index (Phi) is 10.8. The molecule has 0 aromatic carbocycles. The molecule has 0 bridgehead atoms. The minimum Gasteiger partial charge on any atom is -0.387 e. The van der Waals surface area contributed by atoms with Crippen molar-refractivity contribution in [1.82, 2.24) is 34.1 Å². The van der Waals surface area contributed by atoms with E-state index in [0.717, 1.165) is 0 Å². The molecule has 0 aliphatic carbocycles. The van der Waals surface area contributed by atoms with Crippen molar-refractivity contribution in [3.05, 3.63) is 39.2 Å². The van der Waals surface area contributed by atoms with Gasteiger partial charge in [-0.15, -0.1) is 0 Å². The molecule has 0 amide bonds. The standard InChI is InChI=1S/C23H33BN9O17P3/c1-8-27-17-11(19(37)28-8)26-6-32(17)22-15(36)16(44-3)10(48-22)5-46-52(40,41)50-53(42,43)49-51(24,39)45-4-9-13(34)14(35)21(47-9)33-7-31(2)12-18(33)29-23(25)30-20(12)38/h6-7,9-10,13-16,21-22,34-36H,4-5,24H2,1-3H3,(H5-,25,27,28,29,30,37,38,40,41,42,43)/p+1/t9-,10-,13+,14?,15+,16?,21-,22-,51?/m1/s1. The second-order valence-electron chi connectivity index (χ2n) is 12.0. The van der Waals surface area contributed by atoms with Crippen molar-refractivity contribution in [2.45, 2.75) is 56.0 Å². The van der Waals surface area contributed by atoms with Gasteiger partial charge in [-0.2, -0.15) is 13.9 Å². The molecular formula is C23H34BN9O17P3+. The van der Waals surface area contributed by atoms with E-state index in [2.05, 4.69) is 33.5 Å². The van der Waals surface area contributed by atoms with E-state index in [4.69, 9.17) is 29.0 Å². The number of aryl methyl sites for hydroxylation is 2. The number of aromatic amines is 2. The first-order valence-electron chi connectivity index (χ1n) is 15.2. The van der Waals surface area contributed by atoms with E-state index >= 15 is 0 Å². The van der Waals surface area contributed by atoms with Gasteiger partial charge in [0.15, 0.2) is 17.4 Å². The third kappa shape index (κ3) is 7.96. The summed E-state index contributed by atoms with van der Waals surface area (Å²) in [4.78, 5) is 62.0. The SMILES string of the molecule is BP(=O)(OC[C@H]1O[C@@H](n2c[n+](C)c3c(=O)[nH]c(N)nc32)C(O)[C@H]1O)OP(=O)(O)OP(=O)(O)OC[C@H]1O[C@@H](n2cnc3c(=O)[nH]c(C)nc32)[C@@H](O)C1OC. The highest BCUT2D eigenvalue weighted by molar-refractivity contribution is 7.84. The Balaban J connectivity index is 1.06. The number of phosphoric acid groups is 2. The number of H-pyrrole nitrogens is 2. The van der Waals surface area contributed by atoms with Crippen molar-refractivity contribution >= 4 is 59.0 Å². The predicted molar refractivity (Wildman–Crippen MR) is 175 cm³/mol. The number of anilines is 1. The van der Waals surface area contributed by atoms with E-state index < -0.39 is 96.5 Å². The number of rotatable bonds is 13. The highest BCUT2D eigenvalue weighted by atomic mass is 31.3. The molecule has 26 nitrogen and oxygen atoms in total.